The van der Waals surface area contributed by atoms with Crippen molar-refractivity contribution in [3.05, 3.63) is 52.9 Å². The molecule has 1 saturated heterocycles. The SMILES string of the molecule is CN1C[C@@H](c2ccc(C(F)(F)F)cc2)[C@H](C(=O)Nc2ccnc(Cl)n2)C1=O. The summed E-state index contributed by atoms with van der Waals surface area (Å²) < 4.78 is 38.3. The van der Waals surface area contributed by atoms with Crippen molar-refractivity contribution in [3.63, 3.8) is 0 Å². The number of rotatable bonds is 3. The number of anilines is 1. The highest BCUT2D eigenvalue weighted by Gasteiger charge is 2.44. The number of amides is 2. The van der Waals surface area contributed by atoms with Crippen molar-refractivity contribution in [2.24, 2.45) is 5.92 Å². The van der Waals surface area contributed by atoms with E-state index in [-0.39, 0.29) is 17.6 Å². The Hall–Kier alpha value is -2.68. The average Bonchev–Trinajstić information content (AvgIpc) is 2.89. The van der Waals surface area contributed by atoms with E-state index in [9.17, 15) is 22.8 Å². The molecule has 0 bridgehead atoms. The molecule has 2 amide bonds. The van der Waals surface area contributed by atoms with Crippen LogP contribution < -0.4 is 5.32 Å². The standard InChI is InChI=1S/C17H14ClF3N4O2/c1-25-8-11(9-2-4-10(5-3-9)17(19,20)21)13(15(25)27)14(26)23-12-6-7-22-16(18)24-12/h2-7,11,13H,8H2,1H3,(H,22,23,24,26)/t11-,13+/m0/s1. The number of alkyl halides is 3. The van der Waals surface area contributed by atoms with Crippen LogP contribution in [0.5, 0.6) is 0 Å². The summed E-state index contributed by atoms with van der Waals surface area (Å²) in [5.41, 5.74) is -0.317. The second kappa shape index (κ2) is 7.15. The number of halogens is 4. The fourth-order valence-corrected chi connectivity index (χ4v) is 3.17. The molecule has 2 heterocycles. The summed E-state index contributed by atoms with van der Waals surface area (Å²) >= 11 is 5.68. The lowest BCUT2D eigenvalue weighted by molar-refractivity contribution is -0.138. The molecule has 0 spiro atoms. The Balaban J connectivity index is 1.85. The molecule has 1 aliphatic heterocycles. The maximum absolute atomic E-state index is 12.8. The molecular weight excluding hydrogens is 385 g/mol. The van der Waals surface area contributed by atoms with Gasteiger partial charge < -0.3 is 10.2 Å². The molecule has 6 nitrogen and oxygen atoms in total. The molecule has 1 aromatic carbocycles. The van der Waals surface area contributed by atoms with Crippen molar-refractivity contribution < 1.29 is 22.8 Å². The van der Waals surface area contributed by atoms with E-state index in [1.54, 1.807) is 0 Å². The Kier molecular flexibility index (Phi) is 5.05. The zero-order chi connectivity index (χ0) is 19.8. The van der Waals surface area contributed by atoms with Gasteiger partial charge in [-0.2, -0.15) is 13.2 Å². The van der Waals surface area contributed by atoms with E-state index in [1.807, 2.05) is 0 Å². The molecule has 142 valence electrons. The van der Waals surface area contributed by atoms with Crippen molar-refractivity contribution >= 4 is 29.2 Å². The monoisotopic (exact) mass is 398 g/mol. The number of carbonyl (C=O) groups is 2. The Morgan fingerprint density at radius 3 is 2.52 bits per heavy atom. The van der Waals surface area contributed by atoms with Crippen LogP contribution in [0.15, 0.2) is 36.5 Å². The summed E-state index contributed by atoms with van der Waals surface area (Å²) in [7, 11) is 1.54. The van der Waals surface area contributed by atoms with E-state index in [4.69, 9.17) is 11.6 Å². The highest BCUT2D eigenvalue weighted by molar-refractivity contribution is 6.28. The maximum atomic E-state index is 12.8. The molecule has 1 aliphatic rings. The van der Waals surface area contributed by atoms with Gasteiger partial charge in [-0.1, -0.05) is 12.1 Å². The summed E-state index contributed by atoms with van der Waals surface area (Å²) in [6, 6.07) is 5.89. The highest BCUT2D eigenvalue weighted by atomic mass is 35.5. The van der Waals surface area contributed by atoms with Crippen LogP contribution in [0, 0.1) is 5.92 Å². The topological polar surface area (TPSA) is 75.2 Å². The van der Waals surface area contributed by atoms with Gasteiger partial charge in [-0.3, -0.25) is 9.59 Å². The van der Waals surface area contributed by atoms with Gasteiger partial charge in [0, 0.05) is 25.7 Å². The minimum atomic E-state index is -4.45. The summed E-state index contributed by atoms with van der Waals surface area (Å²) in [5, 5.41) is 2.44. The van der Waals surface area contributed by atoms with Gasteiger partial charge in [0.05, 0.1) is 5.56 Å². The molecular formula is C17H14ClF3N4O2. The van der Waals surface area contributed by atoms with Gasteiger partial charge in [-0.05, 0) is 35.4 Å². The van der Waals surface area contributed by atoms with Gasteiger partial charge in [-0.15, -0.1) is 0 Å². The summed E-state index contributed by atoms with van der Waals surface area (Å²) in [4.78, 5) is 34.0. The number of benzene rings is 1. The molecule has 0 radical (unpaired) electrons. The molecule has 1 N–H and O–H groups in total. The van der Waals surface area contributed by atoms with E-state index in [2.05, 4.69) is 15.3 Å². The van der Waals surface area contributed by atoms with Crippen LogP contribution in [0.25, 0.3) is 0 Å². The molecule has 1 aromatic heterocycles. The Bertz CT molecular complexity index is 873. The molecule has 2 atom stereocenters. The van der Waals surface area contributed by atoms with E-state index < -0.39 is 35.4 Å². The van der Waals surface area contributed by atoms with Crippen molar-refractivity contribution in [1.29, 1.82) is 0 Å². The van der Waals surface area contributed by atoms with Gasteiger partial charge in [0.25, 0.3) is 0 Å². The van der Waals surface area contributed by atoms with E-state index in [1.165, 1.54) is 36.3 Å². The minimum Gasteiger partial charge on any atom is -0.344 e. The second-order valence-corrected chi connectivity index (χ2v) is 6.46. The fourth-order valence-electron chi connectivity index (χ4n) is 3.02. The van der Waals surface area contributed by atoms with Crippen molar-refractivity contribution in [2.75, 3.05) is 18.9 Å². The molecule has 2 aromatic rings. The number of nitrogens with zero attached hydrogens (tertiary/aromatic N) is 3. The first-order chi connectivity index (χ1) is 12.7. The first kappa shape index (κ1) is 19.1. The third kappa shape index (κ3) is 4.02. The predicted octanol–water partition coefficient (Wildman–Crippen LogP) is 2.96. The first-order valence-corrected chi connectivity index (χ1v) is 8.26. The maximum Gasteiger partial charge on any atom is 0.416 e. The van der Waals surface area contributed by atoms with E-state index >= 15 is 0 Å². The highest BCUT2D eigenvalue weighted by Crippen LogP contribution is 2.36. The van der Waals surface area contributed by atoms with E-state index in [0.29, 0.717) is 5.56 Å². The smallest absolute Gasteiger partial charge is 0.344 e. The normalized spacial score (nSPS) is 20.0. The molecule has 0 unspecified atom stereocenters. The molecule has 1 fully saturated rings. The number of hydrogen-bond donors (Lipinski definition) is 1. The third-order valence-corrected chi connectivity index (χ3v) is 4.52. The molecule has 0 saturated carbocycles. The van der Waals surface area contributed by atoms with Crippen molar-refractivity contribution in [3.8, 4) is 0 Å². The Morgan fingerprint density at radius 2 is 1.93 bits per heavy atom. The fraction of sp³-hybridized carbons (Fsp3) is 0.294. The van der Waals surface area contributed by atoms with Crippen LogP contribution in [0.1, 0.15) is 17.0 Å². The largest absolute Gasteiger partial charge is 0.416 e. The number of aromatic nitrogens is 2. The first-order valence-electron chi connectivity index (χ1n) is 7.88. The average molecular weight is 399 g/mol. The Morgan fingerprint density at radius 1 is 1.26 bits per heavy atom. The van der Waals surface area contributed by atoms with E-state index in [0.717, 1.165) is 12.1 Å². The summed E-state index contributed by atoms with van der Waals surface area (Å²) in [5.74, 6) is -2.56. The van der Waals surface area contributed by atoms with Crippen LogP contribution in [0.3, 0.4) is 0 Å². The van der Waals surface area contributed by atoms with Gasteiger partial charge >= 0.3 is 6.18 Å². The number of hydrogen-bond acceptors (Lipinski definition) is 4. The number of likely N-dealkylation sites (tertiary alicyclic amines) is 1. The zero-order valence-electron chi connectivity index (χ0n) is 14.0. The molecule has 3 rings (SSSR count). The van der Waals surface area contributed by atoms with Crippen LogP contribution >= 0.6 is 11.6 Å². The molecule has 0 aliphatic carbocycles. The second-order valence-electron chi connectivity index (χ2n) is 6.12. The minimum absolute atomic E-state index is 0.0676. The van der Waals surface area contributed by atoms with Crippen LogP contribution in [0.4, 0.5) is 19.0 Å². The van der Waals surface area contributed by atoms with Gasteiger partial charge in [0.2, 0.25) is 17.1 Å². The number of nitrogens with one attached hydrogen (secondary N) is 1. The predicted molar refractivity (Wildman–Crippen MR) is 91.0 cm³/mol. The van der Waals surface area contributed by atoms with Crippen molar-refractivity contribution in [1.82, 2.24) is 14.9 Å². The van der Waals surface area contributed by atoms with Gasteiger partial charge in [0.15, 0.2) is 0 Å². The lowest BCUT2D eigenvalue weighted by atomic mass is 9.87. The third-order valence-electron chi connectivity index (χ3n) is 4.34. The van der Waals surface area contributed by atoms with Gasteiger partial charge in [0.1, 0.15) is 11.7 Å². The van der Waals surface area contributed by atoms with Crippen LogP contribution in [-0.2, 0) is 15.8 Å². The molecule has 27 heavy (non-hydrogen) atoms. The quantitative estimate of drug-likeness (QED) is 0.637. The number of likely N-dealkylation sites (N-methyl/N-ethyl adjacent to an activating group) is 1. The zero-order valence-corrected chi connectivity index (χ0v) is 14.8. The summed E-state index contributed by atoms with van der Waals surface area (Å²) in [6.45, 7) is 0.215. The molecule has 10 heteroatoms. The Labute approximate surface area is 157 Å². The van der Waals surface area contributed by atoms with Crippen LogP contribution in [0.2, 0.25) is 5.28 Å². The summed E-state index contributed by atoms with van der Waals surface area (Å²) in [6.07, 6.45) is -3.11. The lowest BCUT2D eigenvalue weighted by Crippen LogP contribution is -2.33. The van der Waals surface area contributed by atoms with Crippen molar-refractivity contribution in [2.45, 2.75) is 12.1 Å². The lowest BCUT2D eigenvalue weighted by Gasteiger charge is -2.17. The van der Waals surface area contributed by atoms with Gasteiger partial charge in [-0.25, -0.2) is 9.97 Å². The number of carbonyl (C=O) groups excluding carboxylic acids is 2. The van der Waals surface area contributed by atoms with Crippen LogP contribution in [-0.4, -0.2) is 40.3 Å².